The van der Waals surface area contributed by atoms with Gasteiger partial charge in [0, 0.05) is 13.0 Å². The zero-order valence-electron chi connectivity index (χ0n) is 24.5. The van der Waals surface area contributed by atoms with E-state index in [1.807, 2.05) is 26.0 Å². The molecule has 2 saturated carbocycles. The number of rotatable bonds is 9. The molecule has 212 valence electrons. The van der Waals surface area contributed by atoms with Gasteiger partial charge in [0.1, 0.15) is 18.5 Å². The normalized spacial score (nSPS) is 32.6. The van der Waals surface area contributed by atoms with Crippen molar-refractivity contribution >= 4 is 14.6 Å². The molecule has 1 aliphatic heterocycles. The monoisotopic (exact) mass is 546 g/mol. The van der Waals surface area contributed by atoms with Gasteiger partial charge in [0.25, 0.3) is 0 Å². The van der Waals surface area contributed by atoms with Crippen molar-refractivity contribution in [3.63, 3.8) is 0 Å². The van der Waals surface area contributed by atoms with Crippen LogP contribution >= 0.6 is 0 Å². The van der Waals surface area contributed by atoms with Crippen LogP contribution in [0.2, 0.25) is 18.1 Å². The zero-order chi connectivity index (χ0) is 28.0. The Morgan fingerprint density at radius 3 is 2.47 bits per heavy atom. The van der Waals surface area contributed by atoms with Crippen LogP contribution in [0.15, 0.2) is 30.4 Å². The van der Waals surface area contributed by atoms with Gasteiger partial charge in [0.15, 0.2) is 32.4 Å². The van der Waals surface area contributed by atoms with Crippen molar-refractivity contribution in [2.75, 3.05) is 21.0 Å². The minimum absolute atomic E-state index is 0.00604. The summed E-state index contributed by atoms with van der Waals surface area (Å²) in [5.41, 5.74) is 2.09. The number of carbonyl (C=O) groups excluding carboxylic acids is 1. The van der Waals surface area contributed by atoms with E-state index in [4.69, 9.17) is 28.1 Å². The van der Waals surface area contributed by atoms with Crippen molar-refractivity contribution < 1.29 is 32.9 Å². The third kappa shape index (κ3) is 5.48. The van der Waals surface area contributed by atoms with E-state index in [1.54, 1.807) is 14.2 Å². The van der Waals surface area contributed by atoms with E-state index in [0.29, 0.717) is 11.5 Å². The molecule has 0 spiro atoms. The minimum atomic E-state index is -2.17. The lowest BCUT2D eigenvalue weighted by atomic mass is 9.68. The fourth-order valence-electron chi connectivity index (χ4n) is 6.36. The Bertz CT molecular complexity index is 1030. The first-order valence-electron chi connectivity index (χ1n) is 13.7. The van der Waals surface area contributed by atoms with Crippen molar-refractivity contribution in [1.82, 2.24) is 0 Å². The Kier molecular flexibility index (Phi) is 8.24. The summed E-state index contributed by atoms with van der Waals surface area (Å²) < 4.78 is 36.5. The molecule has 3 fully saturated rings. The van der Waals surface area contributed by atoms with Crippen LogP contribution in [0.4, 0.5) is 0 Å². The van der Waals surface area contributed by atoms with Crippen LogP contribution in [-0.2, 0) is 29.9 Å². The van der Waals surface area contributed by atoms with Gasteiger partial charge in [0.2, 0.25) is 0 Å². The molecular formula is C30H46O7Si. The quantitative estimate of drug-likeness (QED) is 0.169. The number of carbonyl (C=O) groups is 1. The van der Waals surface area contributed by atoms with Crippen molar-refractivity contribution in [2.24, 2.45) is 23.7 Å². The van der Waals surface area contributed by atoms with Crippen LogP contribution in [0.25, 0.3) is 0 Å². The Morgan fingerprint density at radius 2 is 1.87 bits per heavy atom. The van der Waals surface area contributed by atoms with E-state index < -0.39 is 14.1 Å². The third-order valence-corrected chi connectivity index (χ3v) is 13.6. The number of ether oxygens (including phenoxy) is 5. The van der Waals surface area contributed by atoms with E-state index in [1.165, 1.54) is 0 Å². The number of benzene rings is 1. The maximum atomic E-state index is 12.4. The Morgan fingerprint density at radius 1 is 1.16 bits per heavy atom. The average Bonchev–Trinajstić information content (AvgIpc) is 3.36. The van der Waals surface area contributed by atoms with Crippen molar-refractivity contribution in [3.8, 4) is 11.5 Å². The van der Waals surface area contributed by atoms with Crippen LogP contribution in [0, 0.1) is 23.7 Å². The summed E-state index contributed by atoms with van der Waals surface area (Å²) in [4.78, 5) is 12.4. The molecule has 1 heterocycles. The highest BCUT2D eigenvalue weighted by atomic mass is 28.4. The summed E-state index contributed by atoms with van der Waals surface area (Å²) in [6.07, 6.45) is 1.96. The highest BCUT2D eigenvalue weighted by Crippen LogP contribution is 2.57. The second kappa shape index (κ2) is 10.7. The number of methoxy groups -OCH3 is 2. The fourth-order valence-corrected chi connectivity index (χ4v) is 7.69. The lowest BCUT2D eigenvalue weighted by Gasteiger charge is -2.49. The van der Waals surface area contributed by atoms with Crippen LogP contribution in [0.5, 0.6) is 11.5 Å². The minimum Gasteiger partial charge on any atom is -0.493 e. The van der Waals surface area contributed by atoms with E-state index in [9.17, 15) is 4.79 Å². The van der Waals surface area contributed by atoms with Gasteiger partial charge in [-0.2, -0.15) is 0 Å². The molecular weight excluding hydrogens is 500 g/mol. The molecule has 7 nitrogen and oxygen atoms in total. The molecule has 0 radical (unpaired) electrons. The molecule has 8 heteroatoms. The average molecular weight is 547 g/mol. The SMILES string of the molecule is C=C1[C@@H]2[C@@H]([C@H](Cc3ccc(OC)c(OCOC)c3)C[C@H]2C=O)[C@@H](O[Si](C)(C)C(C)(C)C)[C@@H]2OC(C)(C)O[C@H]12. The molecule has 7 atom stereocenters. The maximum Gasteiger partial charge on any atom is 0.192 e. The van der Waals surface area contributed by atoms with Crippen LogP contribution in [-0.4, -0.2) is 59.7 Å². The maximum absolute atomic E-state index is 12.4. The fraction of sp³-hybridized carbons (Fsp3) is 0.700. The zero-order valence-corrected chi connectivity index (χ0v) is 25.5. The summed E-state index contributed by atoms with van der Waals surface area (Å²) >= 11 is 0. The first-order valence-corrected chi connectivity index (χ1v) is 16.6. The van der Waals surface area contributed by atoms with Crippen molar-refractivity contribution in [2.45, 2.75) is 89.7 Å². The second-order valence-corrected chi connectivity index (χ2v) is 17.8. The predicted octanol–water partition coefficient (Wildman–Crippen LogP) is 5.77. The summed E-state index contributed by atoms with van der Waals surface area (Å²) in [5, 5.41) is 0.0309. The molecule has 1 saturated heterocycles. The lowest BCUT2D eigenvalue weighted by Crippen LogP contribution is -2.57. The van der Waals surface area contributed by atoms with Crippen LogP contribution < -0.4 is 9.47 Å². The number of hydrogen-bond acceptors (Lipinski definition) is 7. The Balaban J connectivity index is 1.72. The first-order chi connectivity index (χ1) is 17.7. The number of fused-ring (bicyclic) bond motifs is 2. The summed E-state index contributed by atoms with van der Waals surface area (Å²) in [5.74, 6) is 0.737. The molecule has 0 amide bonds. The molecule has 0 unspecified atom stereocenters. The summed E-state index contributed by atoms with van der Waals surface area (Å²) in [7, 11) is 1.05. The second-order valence-electron chi connectivity index (χ2n) is 13.1. The van der Waals surface area contributed by atoms with E-state index in [2.05, 4.69) is 46.5 Å². The molecule has 4 rings (SSSR count). The Labute approximate surface area is 229 Å². The highest BCUT2D eigenvalue weighted by Gasteiger charge is 2.62. The number of aldehydes is 1. The van der Waals surface area contributed by atoms with Crippen molar-refractivity contribution in [1.29, 1.82) is 0 Å². The molecule has 1 aromatic carbocycles. The van der Waals surface area contributed by atoms with Gasteiger partial charge in [-0.1, -0.05) is 33.4 Å². The lowest BCUT2D eigenvalue weighted by molar-refractivity contribution is -0.155. The van der Waals surface area contributed by atoms with Crippen LogP contribution in [0.3, 0.4) is 0 Å². The summed E-state index contributed by atoms with van der Waals surface area (Å²) in [6.45, 7) is 19.9. The largest absolute Gasteiger partial charge is 0.493 e. The van der Waals surface area contributed by atoms with Gasteiger partial charge in [0.05, 0.1) is 13.2 Å². The molecule has 1 aromatic rings. The van der Waals surface area contributed by atoms with Crippen LogP contribution in [0.1, 0.15) is 46.6 Å². The topological polar surface area (TPSA) is 72.5 Å². The third-order valence-electron chi connectivity index (χ3n) is 9.09. The molecule has 0 N–H and O–H groups in total. The standard InChI is InChI=1S/C30H46O7Si/c1-18-24-21(16-31)15-20(13-19-11-12-22(33-8)23(14-19)34-17-32-7)25(24)27(37-38(9,10)29(2,3)4)28-26(18)35-30(5,6)36-28/h11-12,14,16,20-21,24-28H,1,13,15,17H2,2-10H3/t20-,21+,24+,25-,26-,27-,28-/m1/s1. The molecule has 0 bridgehead atoms. The van der Waals surface area contributed by atoms with Gasteiger partial charge >= 0.3 is 0 Å². The molecule has 3 aliphatic rings. The summed E-state index contributed by atoms with van der Waals surface area (Å²) in [6, 6.07) is 6.02. The van der Waals surface area contributed by atoms with Gasteiger partial charge in [-0.05, 0) is 85.8 Å². The molecule has 0 aromatic heterocycles. The molecule has 2 aliphatic carbocycles. The van der Waals surface area contributed by atoms with E-state index in [0.717, 1.165) is 30.3 Å². The van der Waals surface area contributed by atoms with Gasteiger partial charge in [-0.25, -0.2) is 0 Å². The van der Waals surface area contributed by atoms with Crippen molar-refractivity contribution in [3.05, 3.63) is 35.9 Å². The van der Waals surface area contributed by atoms with Gasteiger partial charge in [-0.15, -0.1) is 0 Å². The number of hydrogen-bond donors (Lipinski definition) is 0. The van der Waals surface area contributed by atoms with E-state index >= 15 is 0 Å². The Hall–Kier alpha value is -1.71. The van der Waals surface area contributed by atoms with E-state index in [-0.39, 0.29) is 53.8 Å². The van der Waals surface area contributed by atoms with Gasteiger partial charge < -0.3 is 32.9 Å². The first kappa shape index (κ1) is 29.3. The predicted molar refractivity (Wildman–Crippen MR) is 149 cm³/mol. The highest BCUT2D eigenvalue weighted by molar-refractivity contribution is 6.74. The smallest absolute Gasteiger partial charge is 0.192 e. The molecule has 38 heavy (non-hydrogen) atoms. The van der Waals surface area contributed by atoms with Gasteiger partial charge in [-0.3, -0.25) is 0 Å².